The molecule has 4 aromatic rings. The van der Waals surface area contributed by atoms with Crippen LogP contribution in [0.1, 0.15) is 11.1 Å². The van der Waals surface area contributed by atoms with Gasteiger partial charge in [0.1, 0.15) is 5.82 Å². The molecule has 1 saturated heterocycles. The molecule has 162 valence electrons. The number of hydrogen-bond acceptors (Lipinski definition) is 7. The zero-order valence-electron chi connectivity index (χ0n) is 18.2. The van der Waals surface area contributed by atoms with Crippen molar-refractivity contribution in [2.75, 3.05) is 36.6 Å². The molecule has 0 bridgehead atoms. The maximum Gasteiger partial charge on any atom is 0.164 e. The van der Waals surface area contributed by atoms with Gasteiger partial charge < -0.3 is 9.64 Å². The van der Waals surface area contributed by atoms with E-state index in [0.29, 0.717) is 24.9 Å². The van der Waals surface area contributed by atoms with Crippen molar-refractivity contribution in [3.05, 3.63) is 65.9 Å². The minimum Gasteiger partial charge on any atom is -0.378 e. The number of aromatic nitrogens is 4. The molecule has 32 heavy (non-hydrogen) atoms. The molecule has 8 nitrogen and oxygen atoms in total. The van der Waals surface area contributed by atoms with Crippen LogP contribution < -0.4 is 10.3 Å². The fourth-order valence-corrected chi connectivity index (χ4v) is 3.78. The van der Waals surface area contributed by atoms with Crippen molar-refractivity contribution in [2.24, 2.45) is 12.1 Å². The average Bonchev–Trinajstić information content (AvgIpc) is 3.20. The van der Waals surface area contributed by atoms with Gasteiger partial charge in [-0.15, -0.1) is 0 Å². The number of anilines is 2. The third-order valence-corrected chi connectivity index (χ3v) is 5.49. The number of aryl methyl sites for hydroxylation is 2. The Hall–Kier alpha value is -3.78. The highest BCUT2D eigenvalue weighted by Crippen LogP contribution is 2.26. The Balaban J connectivity index is 1.49. The predicted molar refractivity (Wildman–Crippen MR) is 127 cm³/mol. The molecule has 5 rings (SSSR count). The van der Waals surface area contributed by atoms with Crippen LogP contribution in [-0.2, 0) is 11.8 Å². The highest BCUT2D eigenvalue weighted by Gasteiger charge is 2.16. The van der Waals surface area contributed by atoms with E-state index in [-0.39, 0.29) is 0 Å². The van der Waals surface area contributed by atoms with Crippen molar-refractivity contribution in [1.29, 1.82) is 0 Å². The lowest BCUT2D eigenvalue weighted by atomic mass is 10.1. The summed E-state index contributed by atoms with van der Waals surface area (Å²) in [5, 5.41) is 9.83. The second-order valence-electron chi connectivity index (χ2n) is 7.86. The standard InChI is InChI=1S/C24H25N7O/c1-17-4-3-5-18(12-17)15-25-29-22-14-23(31-8-10-32-11-9-31)28-24(27-22)19-6-7-20-16-26-30(2)21(20)13-19/h3-7,12-16H,8-11H2,1-2H3,(H,27,28,29)/b25-15+. The van der Waals surface area contributed by atoms with Gasteiger partial charge in [0.15, 0.2) is 11.6 Å². The van der Waals surface area contributed by atoms with E-state index >= 15 is 0 Å². The summed E-state index contributed by atoms with van der Waals surface area (Å²) in [7, 11) is 1.93. The number of nitrogens with zero attached hydrogens (tertiary/aromatic N) is 6. The SMILES string of the molecule is Cc1cccc(/C=N/Nc2cc(N3CCOCC3)nc(-c3ccc4cnn(C)c4c3)n2)c1. The van der Waals surface area contributed by atoms with Gasteiger partial charge in [0.05, 0.1) is 31.1 Å². The molecule has 1 aliphatic rings. The number of morpholine rings is 1. The lowest BCUT2D eigenvalue weighted by molar-refractivity contribution is 0.122. The molecule has 0 saturated carbocycles. The molecule has 2 aromatic carbocycles. The van der Waals surface area contributed by atoms with Gasteiger partial charge in [-0.25, -0.2) is 9.97 Å². The summed E-state index contributed by atoms with van der Waals surface area (Å²) >= 11 is 0. The molecule has 8 heteroatoms. The van der Waals surface area contributed by atoms with Crippen LogP contribution in [-0.4, -0.2) is 52.3 Å². The van der Waals surface area contributed by atoms with Crippen molar-refractivity contribution in [3.63, 3.8) is 0 Å². The van der Waals surface area contributed by atoms with Gasteiger partial charge in [0.25, 0.3) is 0 Å². The first-order valence-corrected chi connectivity index (χ1v) is 10.7. The third kappa shape index (κ3) is 4.31. The van der Waals surface area contributed by atoms with Crippen LogP contribution in [0, 0.1) is 6.92 Å². The molecule has 0 radical (unpaired) electrons. The van der Waals surface area contributed by atoms with Crippen molar-refractivity contribution >= 4 is 28.8 Å². The van der Waals surface area contributed by atoms with Crippen LogP contribution in [0.25, 0.3) is 22.3 Å². The Morgan fingerprint density at radius 2 is 1.94 bits per heavy atom. The van der Waals surface area contributed by atoms with E-state index in [1.165, 1.54) is 5.56 Å². The van der Waals surface area contributed by atoms with E-state index in [9.17, 15) is 0 Å². The zero-order chi connectivity index (χ0) is 21.9. The second kappa shape index (κ2) is 8.76. The minimum absolute atomic E-state index is 0.644. The van der Waals surface area contributed by atoms with Gasteiger partial charge in [-0.1, -0.05) is 42.0 Å². The van der Waals surface area contributed by atoms with E-state index < -0.39 is 0 Å². The summed E-state index contributed by atoms with van der Waals surface area (Å²) in [5.74, 6) is 2.15. The van der Waals surface area contributed by atoms with Crippen LogP contribution in [0.2, 0.25) is 0 Å². The van der Waals surface area contributed by atoms with Gasteiger partial charge in [-0.05, 0) is 18.6 Å². The molecule has 0 amide bonds. The quantitative estimate of drug-likeness (QED) is 0.387. The van der Waals surface area contributed by atoms with Crippen LogP contribution in [0.3, 0.4) is 0 Å². The van der Waals surface area contributed by atoms with Crippen molar-refractivity contribution in [1.82, 2.24) is 19.7 Å². The van der Waals surface area contributed by atoms with Crippen molar-refractivity contribution in [3.8, 4) is 11.4 Å². The van der Waals surface area contributed by atoms with Crippen molar-refractivity contribution in [2.45, 2.75) is 6.92 Å². The summed E-state index contributed by atoms with van der Waals surface area (Å²) in [6, 6.07) is 16.3. The molecule has 1 fully saturated rings. The Labute approximate surface area is 186 Å². The maximum absolute atomic E-state index is 5.51. The Kier molecular flexibility index (Phi) is 5.51. The smallest absolute Gasteiger partial charge is 0.164 e. The molecule has 0 atom stereocenters. The maximum atomic E-state index is 5.51. The third-order valence-electron chi connectivity index (χ3n) is 5.49. The van der Waals surface area contributed by atoms with Crippen LogP contribution in [0.15, 0.2) is 59.8 Å². The number of fused-ring (bicyclic) bond motifs is 1. The number of hydrogen-bond donors (Lipinski definition) is 1. The van der Waals surface area contributed by atoms with Gasteiger partial charge in [0, 0.05) is 37.2 Å². The lowest BCUT2D eigenvalue weighted by Crippen LogP contribution is -2.36. The van der Waals surface area contributed by atoms with E-state index in [1.807, 2.05) is 48.3 Å². The summed E-state index contributed by atoms with van der Waals surface area (Å²) in [6.45, 7) is 5.03. The van der Waals surface area contributed by atoms with E-state index in [4.69, 9.17) is 14.7 Å². The zero-order valence-corrected chi connectivity index (χ0v) is 18.2. The summed E-state index contributed by atoms with van der Waals surface area (Å²) in [4.78, 5) is 11.8. The fraction of sp³-hybridized carbons (Fsp3) is 0.250. The molecular weight excluding hydrogens is 402 g/mol. The molecule has 0 spiro atoms. The first kappa shape index (κ1) is 20.1. The molecular formula is C24H25N7O. The number of rotatable bonds is 5. The first-order chi connectivity index (χ1) is 15.7. The Bertz CT molecular complexity index is 1270. The van der Waals surface area contributed by atoms with Crippen LogP contribution in [0.5, 0.6) is 0 Å². The number of benzene rings is 2. The molecule has 0 aliphatic carbocycles. The summed E-state index contributed by atoms with van der Waals surface area (Å²) in [5.41, 5.74) is 7.28. The molecule has 2 aromatic heterocycles. The highest BCUT2D eigenvalue weighted by molar-refractivity contribution is 5.83. The molecule has 0 unspecified atom stereocenters. The second-order valence-corrected chi connectivity index (χ2v) is 7.86. The Morgan fingerprint density at radius 1 is 1.06 bits per heavy atom. The fourth-order valence-electron chi connectivity index (χ4n) is 3.78. The van der Waals surface area contributed by atoms with E-state index in [1.54, 1.807) is 6.21 Å². The van der Waals surface area contributed by atoms with E-state index in [2.05, 4.69) is 45.6 Å². The van der Waals surface area contributed by atoms with Gasteiger partial charge >= 0.3 is 0 Å². The van der Waals surface area contributed by atoms with Gasteiger partial charge in [-0.2, -0.15) is 10.2 Å². The number of nitrogens with one attached hydrogen (secondary N) is 1. The Morgan fingerprint density at radius 3 is 2.78 bits per heavy atom. The van der Waals surface area contributed by atoms with Gasteiger partial charge in [0.2, 0.25) is 0 Å². The summed E-state index contributed by atoms with van der Waals surface area (Å²) < 4.78 is 7.37. The molecule has 1 aliphatic heterocycles. The van der Waals surface area contributed by atoms with Crippen LogP contribution >= 0.6 is 0 Å². The van der Waals surface area contributed by atoms with Crippen LogP contribution in [0.4, 0.5) is 11.6 Å². The monoisotopic (exact) mass is 427 g/mol. The van der Waals surface area contributed by atoms with E-state index in [0.717, 1.165) is 40.9 Å². The topological polar surface area (TPSA) is 80.5 Å². The lowest BCUT2D eigenvalue weighted by Gasteiger charge is -2.28. The average molecular weight is 428 g/mol. The van der Waals surface area contributed by atoms with Gasteiger partial charge in [-0.3, -0.25) is 10.1 Å². The summed E-state index contributed by atoms with van der Waals surface area (Å²) in [6.07, 6.45) is 3.65. The molecule has 1 N–H and O–H groups in total. The number of hydrazone groups is 1. The minimum atomic E-state index is 0.644. The highest BCUT2D eigenvalue weighted by atomic mass is 16.5. The first-order valence-electron chi connectivity index (χ1n) is 10.7. The number of ether oxygens (including phenoxy) is 1. The normalized spacial score (nSPS) is 14.4. The van der Waals surface area contributed by atoms with Crippen molar-refractivity contribution < 1.29 is 4.74 Å². The molecule has 3 heterocycles. The predicted octanol–water partition coefficient (Wildman–Crippen LogP) is 3.62. The largest absolute Gasteiger partial charge is 0.378 e.